The summed E-state index contributed by atoms with van der Waals surface area (Å²) in [5, 5.41) is 6.18. The van der Waals surface area contributed by atoms with E-state index in [4.69, 9.17) is 4.42 Å². The number of carbonyl (C=O) groups is 1. The van der Waals surface area contributed by atoms with Crippen LogP contribution in [-0.2, 0) is 11.3 Å². The van der Waals surface area contributed by atoms with Crippen LogP contribution in [0.3, 0.4) is 0 Å². The lowest BCUT2D eigenvalue weighted by Gasteiger charge is -2.21. The molecule has 106 valence electrons. The zero-order valence-electron chi connectivity index (χ0n) is 11.1. The van der Waals surface area contributed by atoms with Crippen molar-refractivity contribution in [3.05, 3.63) is 34.3 Å². The van der Waals surface area contributed by atoms with E-state index in [2.05, 4.69) is 15.6 Å². The highest BCUT2D eigenvalue weighted by Gasteiger charge is 2.20. The third kappa shape index (κ3) is 2.75. The summed E-state index contributed by atoms with van der Waals surface area (Å²) in [5.41, 5.74) is 2.11. The Bertz CT molecular complexity index is 668. The van der Waals surface area contributed by atoms with Crippen LogP contribution in [0.25, 0.3) is 11.1 Å². The van der Waals surface area contributed by atoms with Crippen molar-refractivity contribution in [3.8, 4) is 0 Å². The van der Waals surface area contributed by atoms with Crippen LogP contribution in [0.1, 0.15) is 18.4 Å². The standard InChI is InChI=1S/C14H17N3O3/c18-13(10-3-5-15-6-4-10)16-8-9-1-2-11-12(7-9)20-14(19)17-11/h1-2,7,10,15H,3-6,8H2,(H,16,18)(H,17,19). The number of rotatable bonds is 3. The van der Waals surface area contributed by atoms with Gasteiger partial charge in [0.25, 0.3) is 0 Å². The smallest absolute Gasteiger partial charge is 0.408 e. The lowest BCUT2D eigenvalue weighted by molar-refractivity contribution is -0.125. The summed E-state index contributed by atoms with van der Waals surface area (Å²) < 4.78 is 5.00. The van der Waals surface area contributed by atoms with Gasteiger partial charge in [-0.25, -0.2) is 4.79 Å². The molecule has 6 nitrogen and oxygen atoms in total. The molecule has 1 amide bonds. The Kier molecular flexibility index (Phi) is 3.56. The monoisotopic (exact) mass is 275 g/mol. The second kappa shape index (κ2) is 5.50. The molecular formula is C14H17N3O3. The Morgan fingerprint density at radius 2 is 2.15 bits per heavy atom. The second-order valence-corrected chi connectivity index (χ2v) is 5.09. The van der Waals surface area contributed by atoms with Crippen LogP contribution in [-0.4, -0.2) is 24.0 Å². The molecule has 0 unspecified atom stereocenters. The number of hydrogen-bond acceptors (Lipinski definition) is 4. The molecule has 6 heteroatoms. The first-order valence-electron chi connectivity index (χ1n) is 6.82. The van der Waals surface area contributed by atoms with Crippen LogP contribution in [0.2, 0.25) is 0 Å². The molecule has 1 saturated heterocycles. The molecule has 1 fully saturated rings. The Labute approximate surface area is 115 Å². The summed E-state index contributed by atoms with van der Waals surface area (Å²) in [5.74, 6) is -0.261. The lowest BCUT2D eigenvalue weighted by Crippen LogP contribution is -2.37. The second-order valence-electron chi connectivity index (χ2n) is 5.09. The first-order valence-corrected chi connectivity index (χ1v) is 6.82. The highest BCUT2D eigenvalue weighted by molar-refractivity contribution is 5.79. The fraction of sp³-hybridized carbons (Fsp3) is 0.429. The molecule has 2 heterocycles. The van der Waals surface area contributed by atoms with Crippen molar-refractivity contribution in [2.24, 2.45) is 5.92 Å². The van der Waals surface area contributed by atoms with E-state index < -0.39 is 5.76 Å². The number of benzene rings is 1. The average Bonchev–Trinajstić information content (AvgIpc) is 2.85. The van der Waals surface area contributed by atoms with Gasteiger partial charge in [-0.15, -0.1) is 0 Å². The molecule has 1 aliphatic rings. The maximum Gasteiger partial charge on any atom is 0.417 e. The predicted octanol–water partition coefficient (Wildman–Crippen LogP) is 0.737. The van der Waals surface area contributed by atoms with Gasteiger partial charge >= 0.3 is 5.76 Å². The number of piperidine rings is 1. The van der Waals surface area contributed by atoms with Gasteiger partial charge in [-0.05, 0) is 43.6 Å². The summed E-state index contributed by atoms with van der Waals surface area (Å²) in [7, 11) is 0. The third-order valence-electron chi connectivity index (χ3n) is 3.66. The summed E-state index contributed by atoms with van der Waals surface area (Å²) in [6, 6.07) is 5.43. The van der Waals surface area contributed by atoms with E-state index in [0.29, 0.717) is 17.6 Å². The topological polar surface area (TPSA) is 87.1 Å². The number of H-pyrrole nitrogens is 1. The highest BCUT2D eigenvalue weighted by Crippen LogP contribution is 2.14. The third-order valence-corrected chi connectivity index (χ3v) is 3.66. The van der Waals surface area contributed by atoms with Crippen molar-refractivity contribution in [2.45, 2.75) is 19.4 Å². The molecule has 0 atom stereocenters. The normalized spacial score (nSPS) is 16.4. The fourth-order valence-electron chi connectivity index (χ4n) is 2.52. The maximum atomic E-state index is 12.0. The van der Waals surface area contributed by atoms with Crippen molar-refractivity contribution < 1.29 is 9.21 Å². The fourth-order valence-corrected chi connectivity index (χ4v) is 2.52. The van der Waals surface area contributed by atoms with Gasteiger partial charge < -0.3 is 15.1 Å². The Morgan fingerprint density at radius 1 is 1.35 bits per heavy atom. The van der Waals surface area contributed by atoms with Crippen LogP contribution in [0, 0.1) is 5.92 Å². The number of aromatic nitrogens is 1. The van der Waals surface area contributed by atoms with Gasteiger partial charge in [0, 0.05) is 12.5 Å². The molecule has 3 rings (SSSR count). The van der Waals surface area contributed by atoms with Crippen molar-refractivity contribution in [3.63, 3.8) is 0 Å². The van der Waals surface area contributed by atoms with Crippen molar-refractivity contribution in [1.29, 1.82) is 0 Å². The molecule has 0 saturated carbocycles. The van der Waals surface area contributed by atoms with Crippen LogP contribution in [0.4, 0.5) is 0 Å². The zero-order valence-corrected chi connectivity index (χ0v) is 11.1. The summed E-state index contributed by atoms with van der Waals surface area (Å²) in [4.78, 5) is 25.7. The first-order chi connectivity index (χ1) is 9.72. The molecule has 20 heavy (non-hydrogen) atoms. The number of oxazole rings is 1. The number of nitrogens with one attached hydrogen (secondary N) is 3. The maximum absolute atomic E-state index is 12.0. The van der Waals surface area contributed by atoms with Gasteiger partial charge in [0.2, 0.25) is 5.91 Å². The van der Waals surface area contributed by atoms with Crippen molar-refractivity contribution in [2.75, 3.05) is 13.1 Å². The highest BCUT2D eigenvalue weighted by atomic mass is 16.4. The Hall–Kier alpha value is -2.08. The van der Waals surface area contributed by atoms with Crippen LogP contribution in [0.15, 0.2) is 27.4 Å². The molecule has 1 aromatic heterocycles. The number of fused-ring (bicyclic) bond motifs is 1. The molecule has 0 radical (unpaired) electrons. The van der Waals surface area contributed by atoms with Gasteiger partial charge in [-0.1, -0.05) is 6.07 Å². The van der Waals surface area contributed by atoms with Gasteiger partial charge in [0.15, 0.2) is 5.58 Å². The van der Waals surface area contributed by atoms with Gasteiger partial charge in [0.05, 0.1) is 5.52 Å². The average molecular weight is 275 g/mol. The SMILES string of the molecule is O=C(NCc1ccc2[nH]c(=O)oc2c1)C1CCNCC1. The van der Waals surface area contributed by atoms with Gasteiger partial charge in [-0.2, -0.15) is 0 Å². The Morgan fingerprint density at radius 3 is 2.95 bits per heavy atom. The minimum Gasteiger partial charge on any atom is -0.408 e. The molecule has 0 bridgehead atoms. The molecular weight excluding hydrogens is 258 g/mol. The van der Waals surface area contributed by atoms with E-state index in [9.17, 15) is 9.59 Å². The molecule has 0 spiro atoms. The number of hydrogen-bond donors (Lipinski definition) is 3. The van der Waals surface area contributed by atoms with Crippen molar-refractivity contribution >= 4 is 17.0 Å². The predicted molar refractivity (Wildman–Crippen MR) is 74.3 cm³/mol. The minimum atomic E-state index is -0.462. The van der Waals surface area contributed by atoms with E-state index in [1.165, 1.54) is 0 Å². The van der Waals surface area contributed by atoms with Crippen molar-refractivity contribution in [1.82, 2.24) is 15.6 Å². The van der Waals surface area contributed by atoms with E-state index in [0.717, 1.165) is 31.5 Å². The number of carbonyl (C=O) groups excluding carboxylic acids is 1. The molecule has 3 N–H and O–H groups in total. The molecule has 1 aliphatic heterocycles. The summed E-state index contributed by atoms with van der Waals surface area (Å²) in [6.07, 6.45) is 1.77. The quantitative estimate of drug-likeness (QED) is 0.771. The zero-order chi connectivity index (χ0) is 13.9. The number of amides is 1. The molecule has 2 aromatic rings. The van der Waals surface area contributed by atoms with Gasteiger partial charge in [-0.3, -0.25) is 9.78 Å². The van der Waals surface area contributed by atoms with Crippen LogP contribution >= 0.6 is 0 Å². The largest absolute Gasteiger partial charge is 0.417 e. The van der Waals surface area contributed by atoms with E-state index in [-0.39, 0.29) is 11.8 Å². The van der Waals surface area contributed by atoms with Crippen LogP contribution in [0.5, 0.6) is 0 Å². The molecule has 1 aromatic carbocycles. The first kappa shape index (κ1) is 12.9. The Balaban J connectivity index is 1.64. The van der Waals surface area contributed by atoms with E-state index in [1.54, 1.807) is 12.1 Å². The van der Waals surface area contributed by atoms with Gasteiger partial charge in [0.1, 0.15) is 0 Å². The minimum absolute atomic E-state index is 0.0992. The summed E-state index contributed by atoms with van der Waals surface area (Å²) in [6.45, 7) is 2.25. The summed E-state index contributed by atoms with van der Waals surface area (Å²) >= 11 is 0. The number of aromatic amines is 1. The van der Waals surface area contributed by atoms with Crippen LogP contribution < -0.4 is 16.4 Å². The molecule has 0 aliphatic carbocycles. The van der Waals surface area contributed by atoms with E-state index in [1.807, 2.05) is 6.07 Å². The lowest BCUT2D eigenvalue weighted by atomic mass is 9.97. The van der Waals surface area contributed by atoms with E-state index >= 15 is 0 Å².